The molecular weight excluding hydrogens is 166 g/mol. The molecule has 0 aliphatic heterocycles. The molecule has 0 heterocycles. The van der Waals surface area contributed by atoms with Crippen LogP contribution in [0.5, 0.6) is 0 Å². The molecule has 0 unspecified atom stereocenters. The maximum atomic E-state index is 10.9. The van der Waals surface area contributed by atoms with E-state index in [-0.39, 0.29) is 18.3 Å². The summed E-state index contributed by atoms with van der Waals surface area (Å²) in [7, 11) is -3.31. The molecule has 0 aromatic carbocycles. The van der Waals surface area contributed by atoms with Crippen LogP contribution in [0.25, 0.3) is 0 Å². The second kappa shape index (κ2) is 3.20. The minimum Gasteiger partial charge on any atom is -0.269 e. The molecule has 0 radical (unpaired) electrons. The van der Waals surface area contributed by atoms with E-state index < -0.39 is 10.1 Å². The quantitative estimate of drug-likeness (QED) is 0.458. The van der Waals surface area contributed by atoms with E-state index >= 15 is 0 Å². The van der Waals surface area contributed by atoms with E-state index in [0.717, 1.165) is 0 Å². The van der Waals surface area contributed by atoms with Gasteiger partial charge in [0.2, 0.25) is 0 Å². The maximum absolute atomic E-state index is 10.9. The van der Waals surface area contributed by atoms with Crippen LogP contribution in [0.1, 0.15) is 19.3 Å². The van der Waals surface area contributed by atoms with Crippen LogP contribution in [0.15, 0.2) is 0 Å². The Bertz CT molecular complexity index is 260. The van der Waals surface area contributed by atoms with Crippen molar-refractivity contribution in [3.63, 3.8) is 0 Å². The molecule has 1 rings (SSSR count). The predicted molar refractivity (Wildman–Crippen MR) is 38.1 cm³/mol. The summed E-state index contributed by atoms with van der Waals surface area (Å²) in [6.45, 7) is -0.00463. The molecule has 0 amide bonds. The molecule has 0 N–H and O–H groups in total. The Labute approximate surface area is 65.9 Å². The molecule has 62 valence electrons. The van der Waals surface area contributed by atoms with Crippen molar-refractivity contribution in [2.75, 3.05) is 6.61 Å². The van der Waals surface area contributed by atoms with Crippen LogP contribution in [-0.4, -0.2) is 20.3 Å². The molecule has 0 aromatic heterocycles. The minimum absolute atomic E-state index is 0.00463. The Kier molecular flexibility index (Phi) is 2.47. The van der Waals surface area contributed by atoms with Gasteiger partial charge in [-0.05, 0) is 12.8 Å². The van der Waals surface area contributed by atoms with Gasteiger partial charge in [0, 0.05) is 0 Å². The maximum Gasteiger partial charge on any atom is 0.270 e. The Morgan fingerprint density at radius 1 is 1.55 bits per heavy atom. The van der Waals surface area contributed by atoms with Gasteiger partial charge in [-0.25, -0.2) is 0 Å². The second-order valence-corrected chi connectivity index (χ2v) is 4.31. The first-order chi connectivity index (χ1) is 5.17. The van der Waals surface area contributed by atoms with Gasteiger partial charge < -0.3 is 0 Å². The zero-order chi connectivity index (χ0) is 8.32. The van der Waals surface area contributed by atoms with Crippen molar-refractivity contribution in [3.8, 4) is 6.07 Å². The first-order valence-electron chi connectivity index (χ1n) is 3.42. The molecule has 0 atom stereocenters. The van der Waals surface area contributed by atoms with Crippen LogP contribution in [0.3, 0.4) is 0 Å². The monoisotopic (exact) mass is 175 g/mol. The molecule has 0 aromatic rings. The van der Waals surface area contributed by atoms with Crippen molar-refractivity contribution in [2.45, 2.75) is 24.5 Å². The van der Waals surface area contributed by atoms with E-state index in [0.29, 0.717) is 12.8 Å². The van der Waals surface area contributed by atoms with Gasteiger partial charge in [0.05, 0.1) is 24.3 Å². The highest BCUT2D eigenvalue weighted by Gasteiger charge is 2.36. The van der Waals surface area contributed by atoms with Crippen molar-refractivity contribution < 1.29 is 12.6 Å². The largest absolute Gasteiger partial charge is 0.270 e. The lowest BCUT2D eigenvalue weighted by Gasteiger charge is -1.99. The topological polar surface area (TPSA) is 67.2 Å². The van der Waals surface area contributed by atoms with Gasteiger partial charge in [-0.15, -0.1) is 0 Å². The van der Waals surface area contributed by atoms with Crippen molar-refractivity contribution in [1.82, 2.24) is 0 Å². The summed E-state index contributed by atoms with van der Waals surface area (Å²) in [6.07, 6.45) is 1.54. The van der Waals surface area contributed by atoms with Crippen molar-refractivity contribution >= 4 is 10.1 Å². The zero-order valence-corrected chi connectivity index (χ0v) is 6.80. The van der Waals surface area contributed by atoms with Crippen molar-refractivity contribution in [1.29, 1.82) is 5.26 Å². The third-order valence-corrected chi connectivity index (χ3v) is 3.18. The van der Waals surface area contributed by atoms with Crippen LogP contribution in [0.4, 0.5) is 0 Å². The average Bonchev–Trinajstić information content (AvgIpc) is 2.68. The summed E-state index contributed by atoms with van der Waals surface area (Å²) < 4.78 is 26.4. The SMILES string of the molecule is N#CCCOS(=O)(=O)C1CC1. The fourth-order valence-electron chi connectivity index (χ4n) is 0.656. The molecule has 0 bridgehead atoms. The molecule has 4 nitrogen and oxygen atoms in total. The molecule has 1 fully saturated rings. The van der Waals surface area contributed by atoms with E-state index in [1.54, 1.807) is 0 Å². The highest BCUT2D eigenvalue weighted by Crippen LogP contribution is 2.29. The summed E-state index contributed by atoms with van der Waals surface area (Å²) in [5.74, 6) is 0. The summed E-state index contributed by atoms with van der Waals surface area (Å²) in [6, 6.07) is 1.81. The van der Waals surface area contributed by atoms with Crippen LogP contribution in [-0.2, 0) is 14.3 Å². The van der Waals surface area contributed by atoms with Crippen molar-refractivity contribution in [2.24, 2.45) is 0 Å². The van der Waals surface area contributed by atoms with Gasteiger partial charge in [-0.3, -0.25) is 4.18 Å². The zero-order valence-electron chi connectivity index (χ0n) is 5.99. The number of hydrogen-bond donors (Lipinski definition) is 0. The highest BCUT2D eigenvalue weighted by molar-refractivity contribution is 7.87. The number of hydrogen-bond acceptors (Lipinski definition) is 4. The molecule has 1 aliphatic rings. The van der Waals surface area contributed by atoms with E-state index in [4.69, 9.17) is 5.26 Å². The highest BCUT2D eigenvalue weighted by atomic mass is 32.2. The van der Waals surface area contributed by atoms with Crippen LogP contribution in [0.2, 0.25) is 0 Å². The fourth-order valence-corrected chi connectivity index (χ4v) is 1.88. The van der Waals surface area contributed by atoms with Gasteiger partial charge in [0.15, 0.2) is 0 Å². The lowest BCUT2D eigenvalue weighted by molar-refractivity contribution is 0.325. The van der Waals surface area contributed by atoms with Gasteiger partial charge in [0.25, 0.3) is 10.1 Å². The molecule has 1 saturated carbocycles. The average molecular weight is 175 g/mol. The lowest BCUT2D eigenvalue weighted by atomic mass is 10.5. The van der Waals surface area contributed by atoms with Crippen LogP contribution < -0.4 is 0 Å². The number of rotatable bonds is 4. The third kappa shape index (κ3) is 2.48. The summed E-state index contributed by atoms with van der Waals surface area (Å²) in [4.78, 5) is 0. The molecule has 11 heavy (non-hydrogen) atoms. The Hall–Kier alpha value is -0.600. The Morgan fingerprint density at radius 2 is 2.18 bits per heavy atom. The lowest BCUT2D eigenvalue weighted by Crippen LogP contribution is -2.11. The van der Waals surface area contributed by atoms with Gasteiger partial charge in [0.1, 0.15) is 0 Å². The van der Waals surface area contributed by atoms with Crippen LogP contribution in [0, 0.1) is 11.3 Å². The molecule has 0 spiro atoms. The summed E-state index contributed by atoms with van der Waals surface area (Å²) in [5.41, 5.74) is 0. The molecule has 1 aliphatic carbocycles. The van der Waals surface area contributed by atoms with Crippen molar-refractivity contribution in [3.05, 3.63) is 0 Å². The van der Waals surface area contributed by atoms with Crippen LogP contribution >= 0.6 is 0 Å². The number of nitrogens with zero attached hydrogens (tertiary/aromatic N) is 1. The van der Waals surface area contributed by atoms with Gasteiger partial charge in [-0.1, -0.05) is 0 Å². The van der Waals surface area contributed by atoms with E-state index in [1.165, 1.54) is 0 Å². The van der Waals surface area contributed by atoms with E-state index in [9.17, 15) is 8.42 Å². The van der Waals surface area contributed by atoms with Gasteiger partial charge in [-0.2, -0.15) is 13.7 Å². The predicted octanol–water partition coefficient (Wildman–Crippen LogP) is 0.409. The van der Waals surface area contributed by atoms with Gasteiger partial charge >= 0.3 is 0 Å². The smallest absolute Gasteiger partial charge is 0.269 e. The second-order valence-electron chi connectivity index (χ2n) is 2.42. The third-order valence-electron chi connectivity index (χ3n) is 1.39. The van der Waals surface area contributed by atoms with E-state index in [2.05, 4.69) is 4.18 Å². The van der Waals surface area contributed by atoms with E-state index in [1.807, 2.05) is 6.07 Å². The molecular formula is C6H9NO3S. The Morgan fingerprint density at radius 3 is 2.64 bits per heavy atom. The summed E-state index contributed by atoms with van der Waals surface area (Å²) in [5, 5.41) is 7.80. The molecule has 5 heteroatoms. The number of nitriles is 1. The first kappa shape index (κ1) is 8.50. The fraction of sp³-hybridized carbons (Fsp3) is 0.833. The first-order valence-corrected chi connectivity index (χ1v) is 4.89. The Balaban J connectivity index is 2.30. The normalized spacial score (nSPS) is 17.7. The summed E-state index contributed by atoms with van der Waals surface area (Å²) >= 11 is 0. The molecule has 0 saturated heterocycles. The standard InChI is InChI=1S/C6H9NO3S/c7-4-1-5-10-11(8,9)6-2-3-6/h6H,1-3,5H2. The minimum atomic E-state index is -3.31.